The Morgan fingerprint density at radius 2 is 2.11 bits per heavy atom. The zero-order chi connectivity index (χ0) is 13.3. The van der Waals surface area contributed by atoms with Gasteiger partial charge in [-0.2, -0.15) is 0 Å². The number of hydrogen-bond donors (Lipinski definition) is 0. The molecule has 2 aliphatic rings. The van der Waals surface area contributed by atoms with Gasteiger partial charge in [-0.3, -0.25) is 4.79 Å². The third kappa shape index (κ3) is 2.52. The van der Waals surface area contributed by atoms with E-state index in [9.17, 15) is 9.59 Å². The van der Waals surface area contributed by atoms with Crippen LogP contribution in [0.15, 0.2) is 0 Å². The van der Waals surface area contributed by atoms with E-state index in [2.05, 4.69) is 13.8 Å². The zero-order valence-electron chi connectivity index (χ0n) is 11.6. The van der Waals surface area contributed by atoms with Crippen LogP contribution in [0.1, 0.15) is 52.4 Å². The number of ether oxygens (including phenoxy) is 1. The van der Waals surface area contributed by atoms with E-state index in [4.69, 9.17) is 4.74 Å². The molecular weight excluding hydrogens is 230 g/mol. The number of esters is 1. The Balaban J connectivity index is 2.13. The molecule has 0 bridgehead atoms. The van der Waals surface area contributed by atoms with E-state index in [0.717, 1.165) is 19.3 Å². The van der Waals surface area contributed by atoms with Crippen molar-refractivity contribution < 1.29 is 14.3 Å². The number of nitrogens with zero attached hydrogens (tertiary/aromatic N) is 1. The van der Waals surface area contributed by atoms with Crippen LogP contribution in [0.5, 0.6) is 0 Å². The molecule has 1 aliphatic carbocycles. The van der Waals surface area contributed by atoms with Crippen LogP contribution in [-0.2, 0) is 14.3 Å². The first-order valence-electron chi connectivity index (χ1n) is 6.83. The number of hydrogen-bond acceptors (Lipinski definition) is 3. The van der Waals surface area contributed by atoms with Gasteiger partial charge in [0.25, 0.3) is 0 Å². The van der Waals surface area contributed by atoms with Crippen LogP contribution in [0, 0.1) is 5.41 Å². The van der Waals surface area contributed by atoms with Crippen molar-refractivity contribution >= 4 is 11.9 Å². The summed E-state index contributed by atoms with van der Waals surface area (Å²) >= 11 is 0. The average molecular weight is 253 g/mol. The third-order valence-corrected chi connectivity index (χ3v) is 4.30. The largest absolute Gasteiger partial charge is 0.467 e. The lowest BCUT2D eigenvalue weighted by molar-refractivity contribution is -0.151. The van der Waals surface area contributed by atoms with E-state index in [1.165, 1.54) is 13.5 Å². The molecule has 0 aromatic carbocycles. The fourth-order valence-electron chi connectivity index (χ4n) is 3.42. The van der Waals surface area contributed by atoms with E-state index in [-0.39, 0.29) is 29.4 Å². The number of rotatable bonds is 2. The van der Waals surface area contributed by atoms with Crippen LogP contribution < -0.4 is 0 Å². The number of carbonyl (C=O) groups is 2. The maximum absolute atomic E-state index is 12.0. The van der Waals surface area contributed by atoms with Crippen molar-refractivity contribution in [2.45, 2.75) is 64.5 Å². The summed E-state index contributed by atoms with van der Waals surface area (Å²) in [4.78, 5) is 25.6. The molecule has 4 nitrogen and oxygen atoms in total. The van der Waals surface area contributed by atoms with Crippen molar-refractivity contribution in [1.82, 2.24) is 4.90 Å². The Bertz CT molecular complexity index is 351. The number of carbonyl (C=O) groups excluding carboxylic acids is 2. The monoisotopic (exact) mass is 253 g/mol. The van der Waals surface area contributed by atoms with Gasteiger partial charge in [-0.1, -0.05) is 20.3 Å². The summed E-state index contributed by atoms with van der Waals surface area (Å²) in [7, 11) is 1.40. The molecule has 0 aromatic rings. The molecule has 0 spiro atoms. The number of likely N-dealkylation sites (tertiary alicyclic amines) is 1. The van der Waals surface area contributed by atoms with E-state index in [0.29, 0.717) is 12.8 Å². The lowest BCUT2D eigenvalue weighted by Gasteiger charge is -2.41. The fraction of sp³-hybridized carbons (Fsp3) is 0.857. The van der Waals surface area contributed by atoms with Crippen molar-refractivity contribution in [2.24, 2.45) is 5.41 Å². The van der Waals surface area contributed by atoms with Crippen molar-refractivity contribution in [3.63, 3.8) is 0 Å². The van der Waals surface area contributed by atoms with Crippen LogP contribution in [0.25, 0.3) is 0 Å². The molecule has 1 saturated heterocycles. The van der Waals surface area contributed by atoms with Gasteiger partial charge in [0.2, 0.25) is 5.91 Å². The first kappa shape index (κ1) is 13.4. The Morgan fingerprint density at radius 3 is 2.72 bits per heavy atom. The molecule has 0 radical (unpaired) electrons. The molecule has 1 amide bonds. The van der Waals surface area contributed by atoms with Crippen LogP contribution in [0.3, 0.4) is 0 Å². The molecule has 2 rings (SSSR count). The van der Waals surface area contributed by atoms with Gasteiger partial charge in [0, 0.05) is 12.5 Å². The molecule has 0 N–H and O–H groups in total. The lowest BCUT2D eigenvalue weighted by Crippen LogP contribution is -2.48. The molecule has 1 saturated carbocycles. The highest BCUT2D eigenvalue weighted by Gasteiger charge is 2.43. The van der Waals surface area contributed by atoms with Crippen molar-refractivity contribution in [3.8, 4) is 0 Å². The molecule has 2 atom stereocenters. The Morgan fingerprint density at radius 1 is 1.39 bits per heavy atom. The summed E-state index contributed by atoms with van der Waals surface area (Å²) in [5.41, 5.74) is 0.270. The first-order valence-corrected chi connectivity index (χ1v) is 6.83. The highest BCUT2D eigenvalue weighted by Crippen LogP contribution is 2.39. The minimum absolute atomic E-state index is 0.119. The second-order valence-corrected chi connectivity index (χ2v) is 6.29. The second-order valence-electron chi connectivity index (χ2n) is 6.29. The smallest absolute Gasteiger partial charge is 0.328 e. The summed E-state index contributed by atoms with van der Waals surface area (Å²) in [6.07, 6.45) is 5.44. The van der Waals surface area contributed by atoms with Crippen LogP contribution in [0.2, 0.25) is 0 Å². The minimum atomic E-state index is -0.346. The summed E-state index contributed by atoms with van der Waals surface area (Å²) < 4.78 is 4.82. The maximum Gasteiger partial charge on any atom is 0.328 e. The topological polar surface area (TPSA) is 46.6 Å². The Labute approximate surface area is 109 Å². The molecule has 2 unspecified atom stereocenters. The van der Waals surface area contributed by atoms with Crippen molar-refractivity contribution in [2.75, 3.05) is 7.11 Å². The van der Waals surface area contributed by atoms with Gasteiger partial charge in [-0.15, -0.1) is 0 Å². The first-order chi connectivity index (χ1) is 8.44. The summed E-state index contributed by atoms with van der Waals surface area (Å²) in [5, 5.41) is 0. The quantitative estimate of drug-likeness (QED) is 0.708. The van der Waals surface area contributed by atoms with E-state index >= 15 is 0 Å². The Kier molecular flexibility index (Phi) is 3.64. The fourth-order valence-corrected chi connectivity index (χ4v) is 3.42. The van der Waals surface area contributed by atoms with Gasteiger partial charge >= 0.3 is 5.97 Å². The van der Waals surface area contributed by atoms with Gasteiger partial charge in [0.15, 0.2) is 0 Å². The minimum Gasteiger partial charge on any atom is -0.467 e. The average Bonchev–Trinajstić information content (AvgIpc) is 2.69. The highest BCUT2D eigenvalue weighted by molar-refractivity contribution is 5.88. The third-order valence-electron chi connectivity index (χ3n) is 4.30. The van der Waals surface area contributed by atoms with Gasteiger partial charge in [0.1, 0.15) is 6.04 Å². The molecule has 1 aliphatic heterocycles. The predicted molar refractivity (Wildman–Crippen MR) is 67.9 cm³/mol. The van der Waals surface area contributed by atoms with Gasteiger partial charge in [-0.05, 0) is 31.1 Å². The molecule has 18 heavy (non-hydrogen) atoms. The van der Waals surface area contributed by atoms with Gasteiger partial charge in [0.05, 0.1) is 7.11 Å². The molecular formula is C14H23NO3. The van der Waals surface area contributed by atoms with Crippen molar-refractivity contribution in [3.05, 3.63) is 0 Å². The second kappa shape index (κ2) is 4.90. The molecule has 102 valence electrons. The molecule has 2 fully saturated rings. The number of amides is 1. The summed E-state index contributed by atoms with van der Waals surface area (Å²) in [5.74, 6) is -0.141. The van der Waals surface area contributed by atoms with Crippen molar-refractivity contribution in [1.29, 1.82) is 0 Å². The van der Waals surface area contributed by atoms with E-state index in [1.807, 2.05) is 4.90 Å². The lowest BCUT2D eigenvalue weighted by atomic mass is 9.74. The normalized spacial score (nSPS) is 31.5. The predicted octanol–water partition coefficient (Wildman–Crippen LogP) is 2.12. The van der Waals surface area contributed by atoms with Gasteiger partial charge in [-0.25, -0.2) is 4.79 Å². The van der Waals surface area contributed by atoms with Crippen LogP contribution >= 0.6 is 0 Å². The SMILES string of the molecule is COC(=O)C1CCC(=O)N1C1CCCC(C)(C)C1. The standard InChI is InChI=1S/C14H23NO3/c1-14(2)8-4-5-10(9-14)15-11(13(17)18-3)6-7-12(15)16/h10-11H,4-9H2,1-3H3. The molecule has 0 aromatic heterocycles. The zero-order valence-corrected chi connectivity index (χ0v) is 11.6. The Hall–Kier alpha value is -1.06. The maximum atomic E-state index is 12.0. The number of methoxy groups -OCH3 is 1. The summed E-state index contributed by atoms with van der Waals surface area (Å²) in [6.45, 7) is 4.49. The van der Waals surface area contributed by atoms with Crippen LogP contribution in [-0.4, -0.2) is 36.0 Å². The summed E-state index contributed by atoms with van der Waals surface area (Å²) in [6, 6.07) is -0.130. The van der Waals surface area contributed by atoms with E-state index < -0.39 is 0 Å². The van der Waals surface area contributed by atoms with E-state index in [1.54, 1.807) is 0 Å². The molecule has 1 heterocycles. The van der Waals surface area contributed by atoms with Gasteiger partial charge < -0.3 is 9.64 Å². The van der Waals surface area contributed by atoms with Crippen LogP contribution in [0.4, 0.5) is 0 Å². The molecule has 4 heteroatoms. The highest BCUT2D eigenvalue weighted by atomic mass is 16.5.